The Labute approximate surface area is 179 Å². The maximum absolute atomic E-state index is 13.0. The zero-order valence-electron chi connectivity index (χ0n) is 16.9. The summed E-state index contributed by atoms with van der Waals surface area (Å²) in [5.74, 6) is -3.87. The van der Waals surface area contributed by atoms with Gasteiger partial charge in [-0.2, -0.15) is 13.1 Å². The van der Waals surface area contributed by atoms with Crippen molar-refractivity contribution in [1.82, 2.24) is 18.8 Å². The molecule has 0 radical (unpaired) electrons. The van der Waals surface area contributed by atoms with Crippen molar-refractivity contribution in [3.05, 3.63) is 41.9 Å². The first-order chi connectivity index (χ1) is 14.5. The summed E-state index contributed by atoms with van der Waals surface area (Å²) >= 11 is 0. The summed E-state index contributed by atoms with van der Waals surface area (Å²) in [4.78, 5) is 17.5. The maximum Gasteiger partial charge on any atom is 0.341 e. The highest BCUT2D eigenvalue weighted by molar-refractivity contribution is 7.91. The zero-order valence-corrected chi connectivity index (χ0v) is 18.5. The molecule has 1 aliphatic rings. The number of sulfonamides is 1. The minimum Gasteiger partial charge on any atom is -0.337 e. The van der Waals surface area contributed by atoms with Crippen LogP contribution >= 0.6 is 0 Å². The summed E-state index contributed by atoms with van der Waals surface area (Å²) in [6.45, 7) is 1.90. The van der Waals surface area contributed by atoms with Crippen molar-refractivity contribution in [3.8, 4) is 0 Å². The molecule has 3 rings (SSSR count). The van der Waals surface area contributed by atoms with Gasteiger partial charge < -0.3 is 9.47 Å². The van der Waals surface area contributed by atoms with Crippen molar-refractivity contribution in [1.29, 1.82) is 0 Å². The fraction of sp³-hybridized carbons (Fsp3) is 0.444. The van der Waals surface area contributed by atoms with Crippen LogP contribution in [0.15, 0.2) is 40.4 Å². The largest absolute Gasteiger partial charge is 0.341 e. The highest BCUT2D eigenvalue weighted by Gasteiger charge is 2.34. The predicted octanol–water partition coefficient (Wildman–Crippen LogP) is 1.26. The number of nitrogens with zero attached hydrogens (tertiary/aromatic N) is 4. The molecule has 1 amide bonds. The lowest BCUT2D eigenvalue weighted by atomic mass is 10.2. The summed E-state index contributed by atoms with van der Waals surface area (Å²) in [6, 6.07) is 4.79. The van der Waals surface area contributed by atoms with Gasteiger partial charge in [0.25, 0.3) is 15.9 Å². The third kappa shape index (κ3) is 4.48. The number of carbonyl (C=O) groups is 1. The van der Waals surface area contributed by atoms with Crippen molar-refractivity contribution >= 4 is 25.8 Å². The van der Waals surface area contributed by atoms with E-state index in [4.69, 9.17) is 0 Å². The van der Waals surface area contributed by atoms with Gasteiger partial charge in [-0.1, -0.05) is 12.1 Å². The van der Waals surface area contributed by atoms with E-state index < -0.39 is 36.4 Å². The van der Waals surface area contributed by atoms with Crippen LogP contribution in [0, 0.1) is 6.92 Å². The smallest absolute Gasteiger partial charge is 0.337 e. The maximum atomic E-state index is 13.0. The fourth-order valence-electron chi connectivity index (χ4n) is 3.28. The van der Waals surface area contributed by atoms with Crippen LogP contribution in [0.3, 0.4) is 0 Å². The Kier molecular flexibility index (Phi) is 6.48. The van der Waals surface area contributed by atoms with Gasteiger partial charge in [-0.3, -0.25) is 4.79 Å². The number of aryl methyl sites for hydroxylation is 2. The van der Waals surface area contributed by atoms with E-state index in [9.17, 15) is 30.4 Å². The lowest BCUT2D eigenvalue weighted by Crippen LogP contribution is -2.38. The molecule has 9 nitrogen and oxygen atoms in total. The quantitative estimate of drug-likeness (QED) is 0.643. The molecule has 170 valence electrons. The first kappa shape index (κ1) is 23.3. The number of sulfone groups is 1. The standard InChI is InChI=1S/C18H22F2N4O5S2/c1-13-21-16(12-22(13)2)31(28,29)24-9-5-8-23(10-11-24)17(25)14-6-3-4-7-15(14)30(26,27)18(19)20/h3-4,6-7,12,18H,5,8-11H2,1-2H3. The third-order valence-electron chi connectivity index (χ3n) is 5.09. The molecular weight excluding hydrogens is 454 g/mol. The first-order valence-corrected chi connectivity index (χ1v) is 12.4. The van der Waals surface area contributed by atoms with Crippen LogP contribution in [0.2, 0.25) is 0 Å². The summed E-state index contributed by atoms with van der Waals surface area (Å²) in [6.07, 6.45) is 1.70. The van der Waals surface area contributed by atoms with Crippen molar-refractivity contribution in [2.45, 2.75) is 29.0 Å². The van der Waals surface area contributed by atoms with Gasteiger partial charge >= 0.3 is 5.76 Å². The van der Waals surface area contributed by atoms with Crippen LogP contribution in [0.25, 0.3) is 0 Å². The zero-order chi connectivity index (χ0) is 23.0. The molecule has 0 saturated carbocycles. The first-order valence-electron chi connectivity index (χ1n) is 9.36. The number of amides is 1. The molecular formula is C18H22F2N4O5S2. The van der Waals surface area contributed by atoms with E-state index in [1.807, 2.05) is 0 Å². The summed E-state index contributed by atoms with van der Waals surface area (Å²) in [5.41, 5.74) is -0.362. The van der Waals surface area contributed by atoms with Crippen LogP contribution in [0.1, 0.15) is 22.6 Å². The van der Waals surface area contributed by atoms with Gasteiger partial charge in [-0.15, -0.1) is 0 Å². The summed E-state index contributed by atoms with van der Waals surface area (Å²) < 4.78 is 78.6. The van der Waals surface area contributed by atoms with E-state index in [1.54, 1.807) is 18.5 Å². The molecule has 0 unspecified atom stereocenters. The average molecular weight is 477 g/mol. The number of rotatable bonds is 5. The fourth-order valence-corrected chi connectivity index (χ4v) is 5.69. The number of aromatic nitrogens is 2. The van der Waals surface area contributed by atoms with Gasteiger partial charge in [0.2, 0.25) is 9.84 Å². The van der Waals surface area contributed by atoms with E-state index in [0.717, 1.165) is 6.07 Å². The second-order valence-electron chi connectivity index (χ2n) is 7.09. The van der Waals surface area contributed by atoms with E-state index in [-0.39, 0.29) is 36.8 Å². The molecule has 0 atom stereocenters. The Bertz CT molecular complexity index is 1180. The SMILES string of the molecule is Cc1nc(S(=O)(=O)N2CCCN(C(=O)c3ccccc3S(=O)(=O)C(F)F)CC2)cn1C. The molecule has 0 bridgehead atoms. The summed E-state index contributed by atoms with van der Waals surface area (Å²) in [5, 5.41) is -0.0966. The Morgan fingerprint density at radius 1 is 1.06 bits per heavy atom. The number of hydrogen-bond donors (Lipinski definition) is 0. The molecule has 2 aromatic rings. The van der Waals surface area contributed by atoms with Gasteiger partial charge in [0.15, 0.2) is 5.03 Å². The Morgan fingerprint density at radius 3 is 2.35 bits per heavy atom. The van der Waals surface area contributed by atoms with Gasteiger partial charge in [0.1, 0.15) is 5.82 Å². The molecule has 1 aromatic carbocycles. The lowest BCUT2D eigenvalue weighted by molar-refractivity contribution is 0.0760. The van der Waals surface area contributed by atoms with Crippen LogP contribution in [-0.4, -0.2) is 73.4 Å². The molecule has 1 fully saturated rings. The van der Waals surface area contributed by atoms with Crippen molar-refractivity contribution < 1.29 is 30.4 Å². The van der Waals surface area contributed by atoms with Gasteiger partial charge in [-0.05, 0) is 25.5 Å². The lowest BCUT2D eigenvalue weighted by Gasteiger charge is -2.22. The van der Waals surface area contributed by atoms with Crippen LogP contribution in [0.4, 0.5) is 8.78 Å². The number of hydrogen-bond acceptors (Lipinski definition) is 6. The van der Waals surface area contributed by atoms with Crippen molar-refractivity contribution in [2.75, 3.05) is 26.2 Å². The Balaban J connectivity index is 1.83. The molecule has 0 N–H and O–H groups in total. The average Bonchev–Trinajstić information content (AvgIpc) is 2.93. The topological polar surface area (TPSA) is 110 Å². The Hall–Kier alpha value is -2.38. The second kappa shape index (κ2) is 8.63. The molecule has 1 aromatic heterocycles. The number of alkyl halides is 2. The van der Waals surface area contributed by atoms with Gasteiger partial charge in [0, 0.05) is 39.4 Å². The molecule has 0 aliphatic carbocycles. The van der Waals surface area contributed by atoms with E-state index >= 15 is 0 Å². The minimum atomic E-state index is -4.97. The highest BCUT2D eigenvalue weighted by Crippen LogP contribution is 2.24. The summed E-state index contributed by atoms with van der Waals surface area (Å²) in [7, 11) is -7.17. The normalized spacial score (nSPS) is 16.5. The minimum absolute atomic E-state index is 0.0209. The van der Waals surface area contributed by atoms with Crippen molar-refractivity contribution in [3.63, 3.8) is 0 Å². The van der Waals surface area contributed by atoms with Crippen LogP contribution in [0.5, 0.6) is 0 Å². The highest BCUT2D eigenvalue weighted by atomic mass is 32.2. The number of carbonyl (C=O) groups excluding carboxylic acids is 1. The van der Waals surface area contributed by atoms with E-state index in [2.05, 4.69) is 4.98 Å². The van der Waals surface area contributed by atoms with E-state index in [1.165, 1.54) is 33.6 Å². The number of halogens is 2. The van der Waals surface area contributed by atoms with Crippen molar-refractivity contribution in [2.24, 2.45) is 7.05 Å². The molecule has 13 heteroatoms. The monoisotopic (exact) mass is 476 g/mol. The molecule has 1 saturated heterocycles. The van der Waals surface area contributed by atoms with Gasteiger partial charge in [-0.25, -0.2) is 21.8 Å². The van der Waals surface area contributed by atoms with Gasteiger partial charge in [0.05, 0.1) is 10.5 Å². The number of benzene rings is 1. The van der Waals surface area contributed by atoms with Crippen LogP contribution in [-0.2, 0) is 26.9 Å². The molecule has 0 spiro atoms. The van der Waals surface area contributed by atoms with Crippen LogP contribution < -0.4 is 0 Å². The van der Waals surface area contributed by atoms with E-state index in [0.29, 0.717) is 12.2 Å². The molecule has 1 aliphatic heterocycles. The molecule has 2 heterocycles. The predicted molar refractivity (Wildman–Crippen MR) is 107 cm³/mol. The Morgan fingerprint density at radius 2 is 1.74 bits per heavy atom. The third-order valence-corrected chi connectivity index (χ3v) is 8.30. The second-order valence-corrected chi connectivity index (χ2v) is 10.9. The number of imidazole rings is 1. The molecule has 31 heavy (non-hydrogen) atoms.